The van der Waals surface area contributed by atoms with Gasteiger partial charge in [0.25, 0.3) is 0 Å². The van der Waals surface area contributed by atoms with Crippen LogP contribution in [-0.2, 0) is 9.53 Å². The molecule has 16 heavy (non-hydrogen) atoms. The van der Waals surface area contributed by atoms with Gasteiger partial charge in [-0.05, 0) is 26.2 Å². The summed E-state index contributed by atoms with van der Waals surface area (Å²) < 4.78 is 4.94. The number of carbonyl (C=O) groups excluding carboxylic acids is 1. The van der Waals surface area contributed by atoms with Crippen LogP contribution < -0.4 is 11.1 Å². The van der Waals surface area contributed by atoms with Gasteiger partial charge in [-0.25, -0.2) is 0 Å². The third-order valence-corrected chi connectivity index (χ3v) is 2.53. The summed E-state index contributed by atoms with van der Waals surface area (Å²) in [6.45, 7) is 5.23. The molecule has 0 bridgehead atoms. The average molecular weight is 253 g/mol. The fraction of sp³-hybridized carbons (Fsp3) is 0.909. The van der Waals surface area contributed by atoms with Crippen molar-refractivity contribution in [2.24, 2.45) is 11.7 Å². The smallest absolute Gasteiger partial charge is 0.224 e. The summed E-state index contributed by atoms with van der Waals surface area (Å²) in [6.07, 6.45) is 3.14. The van der Waals surface area contributed by atoms with Crippen molar-refractivity contribution in [3.05, 3.63) is 0 Å². The van der Waals surface area contributed by atoms with Crippen molar-refractivity contribution in [2.45, 2.75) is 39.2 Å². The van der Waals surface area contributed by atoms with Crippen LogP contribution in [0, 0.1) is 5.92 Å². The first-order chi connectivity index (χ1) is 7.09. The minimum absolute atomic E-state index is 0. The van der Waals surface area contributed by atoms with E-state index in [0.717, 1.165) is 32.4 Å². The summed E-state index contributed by atoms with van der Waals surface area (Å²) in [5, 5.41) is 2.88. The Kier molecular flexibility index (Phi) is 12.6. The Bertz CT molecular complexity index is 177. The second kappa shape index (κ2) is 11.2. The van der Waals surface area contributed by atoms with E-state index in [1.807, 2.05) is 13.8 Å². The molecule has 0 aliphatic rings. The van der Waals surface area contributed by atoms with E-state index in [2.05, 4.69) is 5.32 Å². The van der Waals surface area contributed by atoms with Gasteiger partial charge in [0.05, 0.1) is 0 Å². The number of amides is 1. The summed E-state index contributed by atoms with van der Waals surface area (Å²) in [6, 6.07) is -0.0847. The Morgan fingerprint density at radius 1 is 1.31 bits per heavy atom. The molecule has 0 aromatic rings. The third-order valence-electron chi connectivity index (χ3n) is 2.53. The van der Waals surface area contributed by atoms with Gasteiger partial charge in [0.15, 0.2) is 0 Å². The minimum Gasteiger partial charge on any atom is -0.385 e. The summed E-state index contributed by atoms with van der Waals surface area (Å²) in [4.78, 5) is 11.5. The molecule has 0 aromatic carbocycles. The molecule has 0 spiro atoms. The Morgan fingerprint density at radius 3 is 2.44 bits per heavy atom. The van der Waals surface area contributed by atoms with Crippen LogP contribution in [0.4, 0.5) is 0 Å². The van der Waals surface area contributed by atoms with Crippen molar-refractivity contribution in [3.63, 3.8) is 0 Å². The van der Waals surface area contributed by atoms with Crippen molar-refractivity contribution in [1.29, 1.82) is 0 Å². The monoisotopic (exact) mass is 252 g/mol. The van der Waals surface area contributed by atoms with Gasteiger partial charge in [-0.3, -0.25) is 4.79 Å². The molecule has 5 heteroatoms. The lowest BCUT2D eigenvalue weighted by Gasteiger charge is -2.15. The van der Waals surface area contributed by atoms with Crippen LogP contribution in [0.25, 0.3) is 0 Å². The van der Waals surface area contributed by atoms with Crippen LogP contribution in [0.2, 0.25) is 0 Å². The number of halogens is 1. The minimum atomic E-state index is -0.107. The molecular weight excluding hydrogens is 228 g/mol. The number of hydrogen-bond donors (Lipinski definition) is 2. The lowest BCUT2D eigenvalue weighted by atomic mass is 10.0. The highest BCUT2D eigenvalue weighted by Crippen LogP contribution is 2.00. The third kappa shape index (κ3) is 8.95. The van der Waals surface area contributed by atoms with Gasteiger partial charge in [-0.1, -0.05) is 6.92 Å². The van der Waals surface area contributed by atoms with Crippen molar-refractivity contribution >= 4 is 18.3 Å². The molecule has 1 amide bonds. The molecule has 2 unspecified atom stereocenters. The number of nitrogens with one attached hydrogen (secondary N) is 1. The lowest BCUT2D eigenvalue weighted by molar-refractivity contribution is -0.124. The molecule has 0 heterocycles. The molecular formula is C11H25ClN2O2. The van der Waals surface area contributed by atoms with Crippen molar-refractivity contribution in [1.82, 2.24) is 5.32 Å². The Morgan fingerprint density at radius 2 is 1.94 bits per heavy atom. The van der Waals surface area contributed by atoms with E-state index in [1.165, 1.54) is 0 Å². The molecule has 0 aromatic heterocycles. The Hall–Kier alpha value is -0.320. The second-order valence-corrected chi connectivity index (χ2v) is 3.99. The largest absolute Gasteiger partial charge is 0.385 e. The number of unbranched alkanes of at least 4 members (excludes halogenated alkanes) is 2. The molecule has 0 saturated heterocycles. The van der Waals surface area contributed by atoms with E-state index in [0.29, 0.717) is 0 Å². The zero-order valence-corrected chi connectivity index (χ0v) is 11.3. The van der Waals surface area contributed by atoms with Gasteiger partial charge in [0.1, 0.15) is 0 Å². The zero-order valence-electron chi connectivity index (χ0n) is 10.5. The van der Waals surface area contributed by atoms with E-state index >= 15 is 0 Å². The second-order valence-electron chi connectivity index (χ2n) is 3.99. The molecule has 2 atom stereocenters. The quantitative estimate of drug-likeness (QED) is 0.641. The molecule has 0 saturated carbocycles. The van der Waals surface area contributed by atoms with Crippen LogP contribution in [0.5, 0.6) is 0 Å². The van der Waals surface area contributed by atoms with Gasteiger partial charge in [0, 0.05) is 32.2 Å². The fourth-order valence-electron chi connectivity index (χ4n) is 1.16. The summed E-state index contributed by atoms with van der Waals surface area (Å²) in [5.41, 5.74) is 5.63. The van der Waals surface area contributed by atoms with E-state index in [1.54, 1.807) is 7.11 Å². The molecule has 0 radical (unpaired) electrons. The SMILES string of the molecule is COCCCCCNC(=O)C(C)C(C)N.Cl. The number of nitrogens with two attached hydrogens (primary N) is 1. The van der Waals surface area contributed by atoms with E-state index in [9.17, 15) is 4.79 Å². The van der Waals surface area contributed by atoms with Crippen molar-refractivity contribution in [3.8, 4) is 0 Å². The summed E-state index contributed by atoms with van der Waals surface area (Å²) in [7, 11) is 1.70. The van der Waals surface area contributed by atoms with Crippen molar-refractivity contribution in [2.75, 3.05) is 20.3 Å². The molecule has 0 rings (SSSR count). The summed E-state index contributed by atoms with van der Waals surface area (Å²) in [5.74, 6) is -0.0549. The van der Waals surface area contributed by atoms with Crippen LogP contribution in [0.15, 0.2) is 0 Å². The predicted molar refractivity (Wildman–Crippen MR) is 68.8 cm³/mol. The molecule has 0 aliphatic heterocycles. The molecule has 0 aliphatic carbocycles. The van der Waals surface area contributed by atoms with E-state index < -0.39 is 0 Å². The Labute approximate surface area is 105 Å². The maximum atomic E-state index is 11.5. The van der Waals surface area contributed by atoms with Crippen LogP contribution in [0.1, 0.15) is 33.1 Å². The van der Waals surface area contributed by atoms with Gasteiger partial charge in [-0.2, -0.15) is 0 Å². The van der Waals surface area contributed by atoms with E-state index in [-0.39, 0.29) is 30.3 Å². The first kappa shape index (κ1) is 18.1. The van der Waals surface area contributed by atoms with Crippen LogP contribution in [0.3, 0.4) is 0 Å². The van der Waals surface area contributed by atoms with Crippen molar-refractivity contribution < 1.29 is 9.53 Å². The van der Waals surface area contributed by atoms with Crippen LogP contribution >= 0.6 is 12.4 Å². The van der Waals surface area contributed by atoms with Crippen LogP contribution in [-0.4, -0.2) is 32.2 Å². The highest BCUT2D eigenvalue weighted by molar-refractivity contribution is 5.85. The average Bonchev–Trinajstić information content (AvgIpc) is 2.21. The van der Waals surface area contributed by atoms with Gasteiger partial charge >= 0.3 is 0 Å². The summed E-state index contributed by atoms with van der Waals surface area (Å²) >= 11 is 0. The highest BCUT2D eigenvalue weighted by atomic mass is 35.5. The number of hydrogen-bond acceptors (Lipinski definition) is 3. The normalized spacial score (nSPS) is 13.8. The van der Waals surface area contributed by atoms with E-state index in [4.69, 9.17) is 10.5 Å². The first-order valence-electron chi connectivity index (χ1n) is 5.61. The number of methoxy groups -OCH3 is 1. The predicted octanol–water partition coefficient (Wildman–Crippen LogP) is 1.32. The topological polar surface area (TPSA) is 64.3 Å². The first-order valence-corrected chi connectivity index (χ1v) is 5.61. The maximum absolute atomic E-state index is 11.5. The molecule has 98 valence electrons. The zero-order chi connectivity index (χ0) is 11.7. The standard InChI is InChI=1S/C11H24N2O2.ClH/c1-9(10(2)12)11(14)13-7-5-4-6-8-15-3;/h9-10H,4-8,12H2,1-3H3,(H,13,14);1H. The Balaban J connectivity index is 0. The molecule has 4 nitrogen and oxygen atoms in total. The lowest BCUT2D eigenvalue weighted by Crippen LogP contribution is -2.38. The molecule has 0 fully saturated rings. The number of carbonyl (C=O) groups is 1. The fourth-order valence-corrected chi connectivity index (χ4v) is 1.16. The van der Waals surface area contributed by atoms with Gasteiger partial charge in [-0.15, -0.1) is 12.4 Å². The highest BCUT2D eigenvalue weighted by Gasteiger charge is 2.15. The maximum Gasteiger partial charge on any atom is 0.224 e. The number of ether oxygens (including phenoxy) is 1. The van der Waals surface area contributed by atoms with Gasteiger partial charge < -0.3 is 15.8 Å². The number of rotatable bonds is 8. The van der Waals surface area contributed by atoms with Gasteiger partial charge in [0.2, 0.25) is 5.91 Å². The molecule has 3 N–H and O–H groups in total.